The number of methoxy groups -OCH3 is 1. The van der Waals surface area contributed by atoms with Gasteiger partial charge in [-0.3, -0.25) is 14.6 Å². The van der Waals surface area contributed by atoms with Gasteiger partial charge in [-0.15, -0.1) is 0 Å². The van der Waals surface area contributed by atoms with E-state index in [4.69, 9.17) is 19.9 Å². The summed E-state index contributed by atoms with van der Waals surface area (Å²) in [7, 11) is 1.54. The zero-order valence-electron chi connectivity index (χ0n) is 23.0. The molecule has 0 radical (unpaired) electrons. The van der Waals surface area contributed by atoms with Crippen molar-refractivity contribution in [2.24, 2.45) is 5.41 Å². The van der Waals surface area contributed by atoms with E-state index in [1.54, 1.807) is 60.8 Å². The summed E-state index contributed by atoms with van der Waals surface area (Å²) in [6.45, 7) is 0. The van der Waals surface area contributed by atoms with Crippen LogP contribution in [0.5, 0.6) is 28.9 Å². The summed E-state index contributed by atoms with van der Waals surface area (Å²) in [6.07, 6.45) is 3.97. The molecular weight excluding hydrogens is 553 g/mol. The first kappa shape index (κ1) is 27.5. The Hall–Kier alpha value is -5.71. The normalized spacial score (nSPS) is 13.2. The molecule has 0 bridgehead atoms. The standard InChI is InChI=1S/C32H26FN5O5/c1-41-27-17-25-24(16-28(27)43-29-11-4-20(34)18-36-29)26(12-15-35-25)42-23-9-7-22(8-10-23)38-31(40)32(13-14-32)30(39)37-21-5-2-19(33)3-6-21/h2-12,15-18H,13-14,34H2,1H3,(H,37,39)(H,38,40). The Balaban J connectivity index is 1.16. The second kappa shape index (κ2) is 11.3. The number of anilines is 3. The molecule has 2 amide bonds. The molecule has 1 aliphatic carbocycles. The Morgan fingerprint density at radius 2 is 1.49 bits per heavy atom. The van der Waals surface area contributed by atoms with Crippen LogP contribution in [0, 0.1) is 11.2 Å². The average molecular weight is 580 g/mol. The molecular formula is C32H26FN5O5. The summed E-state index contributed by atoms with van der Waals surface area (Å²) in [5.74, 6) is 1.03. The number of halogens is 1. The lowest BCUT2D eigenvalue weighted by atomic mass is 10.0. The minimum absolute atomic E-state index is 0.344. The molecule has 0 saturated heterocycles. The third-order valence-corrected chi connectivity index (χ3v) is 7.02. The predicted molar refractivity (Wildman–Crippen MR) is 159 cm³/mol. The van der Waals surface area contributed by atoms with Gasteiger partial charge in [0.15, 0.2) is 11.5 Å². The van der Waals surface area contributed by atoms with Crippen molar-refractivity contribution in [3.05, 3.63) is 97.1 Å². The van der Waals surface area contributed by atoms with E-state index in [9.17, 15) is 14.0 Å². The van der Waals surface area contributed by atoms with E-state index in [0.29, 0.717) is 69.7 Å². The van der Waals surface area contributed by atoms with Crippen LogP contribution in [0.3, 0.4) is 0 Å². The molecule has 1 fully saturated rings. The highest BCUT2D eigenvalue weighted by molar-refractivity contribution is 6.16. The highest BCUT2D eigenvalue weighted by atomic mass is 19.1. The number of pyridine rings is 2. The molecule has 5 aromatic rings. The van der Waals surface area contributed by atoms with E-state index in [1.165, 1.54) is 37.6 Å². The summed E-state index contributed by atoms with van der Waals surface area (Å²) in [5, 5.41) is 6.19. The molecule has 11 heteroatoms. The van der Waals surface area contributed by atoms with Crippen LogP contribution in [0.15, 0.2) is 91.3 Å². The van der Waals surface area contributed by atoms with Crippen molar-refractivity contribution in [2.45, 2.75) is 12.8 Å². The Kier molecular flexibility index (Phi) is 7.21. The molecule has 43 heavy (non-hydrogen) atoms. The Morgan fingerprint density at radius 1 is 0.814 bits per heavy atom. The number of amides is 2. The third kappa shape index (κ3) is 5.87. The predicted octanol–water partition coefficient (Wildman–Crippen LogP) is 6.30. The van der Waals surface area contributed by atoms with Gasteiger partial charge in [0, 0.05) is 35.1 Å². The molecule has 0 atom stereocenters. The van der Waals surface area contributed by atoms with E-state index in [2.05, 4.69) is 20.6 Å². The van der Waals surface area contributed by atoms with E-state index >= 15 is 0 Å². The quantitative estimate of drug-likeness (QED) is 0.173. The van der Waals surface area contributed by atoms with Gasteiger partial charge in [-0.25, -0.2) is 9.37 Å². The van der Waals surface area contributed by atoms with Gasteiger partial charge in [0.05, 0.1) is 24.5 Å². The maximum atomic E-state index is 13.2. The lowest BCUT2D eigenvalue weighted by Gasteiger charge is -2.16. The van der Waals surface area contributed by atoms with Crippen LogP contribution < -0.4 is 30.6 Å². The number of carbonyl (C=O) groups excluding carboxylic acids is 2. The van der Waals surface area contributed by atoms with Gasteiger partial charge in [0.1, 0.15) is 22.7 Å². The summed E-state index contributed by atoms with van der Waals surface area (Å²) in [6, 6.07) is 20.8. The van der Waals surface area contributed by atoms with E-state index in [1.807, 2.05) is 0 Å². The van der Waals surface area contributed by atoms with Gasteiger partial charge >= 0.3 is 0 Å². The number of nitrogens with one attached hydrogen (secondary N) is 2. The van der Waals surface area contributed by atoms with Crippen molar-refractivity contribution >= 4 is 39.8 Å². The van der Waals surface area contributed by atoms with Crippen molar-refractivity contribution in [2.75, 3.05) is 23.5 Å². The molecule has 3 aromatic carbocycles. The zero-order chi connectivity index (χ0) is 30.0. The maximum absolute atomic E-state index is 13.2. The molecule has 0 spiro atoms. The van der Waals surface area contributed by atoms with Gasteiger partial charge < -0.3 is 30.6 Å². The van der Waals surface area contributed by atoms with Gasteiger partial charge in [-0.2, -0.15) is 0 Å². The lowest BCUT2D eigenvalue weighted by Crippen LogP contribution is -2.35. The topological polar surface area (TPSA) is 138 Å². The molecule has 0 aliphatic heterocycles. The number of fused-ring (bicyclic) bond motifs is 1. The molecule has 6 rings (SSSR count). The smallest absolute Gasteiger partial charge is 0.240 e. The number of hydrogen-bond acceptors (Lipinski definition) is 8. The number of aromatic nitrogens is 2. The largest absolute Gasteiger partial charge is 0.493 e. The highest BCUT2D eigenvalue weighted by Crippen LogP contribution is 2.47. The Bertz CT molecular complexity index is 1810. The van der Waals surface area contributed by atoms with Gasteiger partial charge in [-0.1, -0.05) is 0 Å². The fourth-order valence-corrected chi connectivity index (χ4v) is 4.47. The number of rotatable bonds is 9. The molecule has 0 unspecified atom stereocenters. The fraction of sp³-hybridized carbons (Fsp3) is 0.125. The van der Waals surface area contributed by atoms with Crippen LogP contribution in [-0.4, -0.2) is 28.9 Å². The Labute approximate surface area is 245 Å². The van der Waals surface area contributed by atoms with Crippen molar-refractivity contribution in [3.8, 4) is 28.9 Å². The van der Waals surface area contributed by atoms with Crippen LogP contribution in [0.25, 0.3) is 10.9 Å². The lowest BCUT2D eigenvalue weighted by molar-refractivity contribution is -0.131. The number of hydrogen-bond donors (Lipinski definition) is 3. The first-order valence-corrected chi connectivity index (χ1v) is 13.4. The second-order valence-electron chi connectivity index (χ2n) is 9.98. The molecule has 2 aromatic heterocycles. The van der Waals surface area contributed by atoms with Crippen LogP contribution in [0.4, 0.5) is 21.5 Å². The molecule has 2 heterocycles. The number of carbonyl (C=O) groups is 2. The minimum atomic E-state index is -1.16. The summed E-state index contributed by atoms with van der Waals surface area (Å²) < 4.78 is 30.8. The van der Waals surface area contributed by atoms with Crippen molar-refractivity contribution in [3.63, 3.8) is 0 Å². The van der Waals surface area contributed by atoms with Gasteiger partial charge in [0.25, 0.3) is 0 Å². The summed E-state index contributed by atoms with van der Waals surface area (Å²) in [5.41, 5.74) is 6.64. The molecule has 216 valence electrons. The van der Waals surface area contributed by atoms with Crippen LogP contribution >= 0.6 is 0 Å². The fourth-order valence-electron chi connectivity index (χ4n) is 4.47. The number of benzene rings is 3. The first-order chi connectivity index (χ1) is 20.8. The third-order valence-electron chi connectivity index (χ3n) is 7.02. The monoisotopic (exact) mass is 579 g/mol. The molecule has 1 aliphatic rings. The Morgan fingerprint density at radius 3 is 2.09 bits per heavy atom. The SMILES string of the molecule is COc1cc2nccc(Oc3ccc(NC(=O)C4(C(=O)Nc5ccc(F)cc5)CC4)cc3)c2cc1Oc1ccc(N)cn1. The van der Waals surface area contributed by atoms with Crippen LogP contribution in [0.1, 0.15) is 12.8 Å². The van der Waals surface area contributed by atoms with Gasteiger partial charge in [0.2, 0.25) is 17.7 Å². The maximum Gasteiger partial charge on any atom is 0.240 e. The first-order valence-electron chi connectivity index (χ1n) is 13.4. The summed E-state index contributed by atoms with van der Waals surface area (Å²) >= 11 is 0. The zero-order valence-corrected chi connectivity index (χ0v) is 23.0. The number of nitrogen functional groups attached to an aromatic ring is 1. The van der Waals surface area contributed by atoms with Crippen molar-refractivity contribution in [1.29, 1.82) is 0 Å². The van der Waals surface area contributed by atoms with Crippen LogP contribution in [0.2, 0.25) is 0 Å². The van der Waals surface area contributed by atoms with Gasteiger partial charge in [-0.05, 0) is 79.6 Å². The van der Waals surface area contributed by atoms with E-state index in [-0.39, 0.29) is 0 Å². The summed E-state index contributed by atoms with van der Waals surface area (Å²) in [4.78, 5) is 34.5. The second-order valence-corrected chi connectivity index (χ2v) is 9.98. The van der Waals surface area contributed by atoms with Crippen molar-refractivity contribution < 1.29 is 28.2 Å². The minimum Gasteiger partial charge on any atom is -0.493 e. The molecule has 4 N–H and O–H groups in total. The number of ether oxygens (including phenoxy) is 3. The average Bonchev–Trinajstić information content (AvgIpc) is 3.83. The molecule has 10 nitrogen and oxygen atoms in total. The number of nitrogens with two attached hydrogens (primary N) is 1. The molecule has 1 saturated carbocycles. The van der Waals surface area contributed by atoms with Crippen molar-refractivity contribution in [1.82, 2.24) is 9.97 Å². The highest BCUT2D eigenvalue weighted by Gasteiger charge is 2.56. The van der Waals surface area contributed by atoms with E-state index < -0.39 is 23.0 Å². The van der Waals surface area contributed by atoms with Crippen LogP contribution in [-0.2, 0) is 9.59 Å². The van der Waals surface area contributed by atoms with E-state index in [0.717, 1.165) is 0 Å². The number of nitrogens with zero attached hydrogens (tertiary/aromatic N) is 2.